The Balaban J connectivity index is 2.26. The number of carbonyl (C=O) groups is 2. The van der Waals surface area contributed by atoms with E-state index in [1.807, 2.05) is 60.7 Å². The second-order valence-electron chi connectivity index (χ2n) is 13.8. The Kier molecular flexibility index (Phi) is 14.7. The molecular weight excluding hydrogens is 562 g/mol. The predicted octanol–water partition coefficient (Wildman–Crippen LogP) is 5.00. The van der Waals surface area contributed by atoms with Crippen LogP contribution < -0.4 is 10.6 Å². The first-order chi connectivity index (χ1) is 20.1. The number of nitrogens with one attached hydrogen (secondary N) is 2. The van der Waals surface area contributed by atoms with Crippen LogP contribution in [0.15, 0.2) is 60.7 Å². The van der Waals surface area contributed by atoms with Crippen molar-refractivity contribution >= 4 is 20.3 Å². The van der Waals surface area contributed by atoms with E-state index in [-0.39, 0.29) is 37.6 Å². The summed E-state index contributed by atoms with van der Waals surface area (Å²) in [7, 11) is -1.47. The van der Waals surface area contributed by atoms with Crippen molar-refractivity contribution in [1.82, 2.24) is 15.5 Å². The molecule has 0 fully saturated rings. The van der Waals surface area contributed by atoms with E-state index in [4.69, 9.17) is 4.74 Å². The summed E-state index contributed by atoms with van der Waals surface area (Å²) in [6, 6.07) is 18.7. The van der Waals surface area contributed by atoms with E-state index in [0.717, 1.165) is 23.6 Å². The van der Waals surface area contributed by atoms with Gasteiger partial charge in [0.15, 0.2) is 0 Å². The molecule has 43 heavy (non-hydrogen) atoms. The molecule has 1 unspecified atom stereocenters. The lowest BCUT2D eigenvalue weighted by atomic mass is 9.92. The zero-order valence-electron chi connectivity index (χ0n) is 26.8. The second-order valence-corrected chi connectivity index (χ2v) is 19.4. The molecule has 0 spiro atoms. The minimum Gasteiger partial charge on any atom is -0.465 e. The number of hydrogen-bond acceptors (Lipinski definition) is 6. The molecule has 0 saturated carbocycles. The van der Waals surface area contributed by atoms with Crippen LogP contribution in [0.25, 0.3) is 0 Å². The highest BCUT2D eigenvalue weighted by Gasteiger charge is 2.31. The largest absolute Gasteiger partial charge is 0.465 e. The Morgan fingerprint density at radius 3 is 1.81 bits per heavy atom. The number of rotatable bonds is 17. The molecular formula is C33H53N3O6Si. The average Bonchev–Trinajstić information content (AvgIpc) is 2.91. The third-order valence-electron chi connectivity index (χ3n) is 7.27. The normalized spacial score (nSPS) is 14.8. The molecule has 0 radical (unpaired) electrons. The molecule has 10 heteroatoms. The number of hydrogen-bond donors (Lipinski definition) is 5. The van der Waals surface area contributed by atoms with Gasteiger partial charge < -0.3 is 35.6 Å². The molecule has 0 aromatic heterocycles. The first-order valence-corrected chi connectivity index (χ1v) is 18.9. The highest BCUT2D eigenvalue weighted by atomic mass is 28.3. The van der Waals surface area contributed by atoms with E-state index in [0.29, 0.717) is 13.0 Å². The molecule has 0 saturated heterocycles. The quantitative estimate of drug-likeness (QED) is 0.158. The van der Waals surface area contributed by atoms with Gasteiger partial charge in [-0.25, -0.2) is 9.59 Å². The summed E-state index contributed by atoms with van der Waals surface area (Å²) in [6.45, 7) is 13.7. The van der Waals surface area contributed by atoms with E-state index in [2.05, 4.69) is 51.0 Å². The third-order valence-corrected chi connectivity index (χ3v) is 8.97. The van der Waals surface area contributed by atoms with Gasteiger partial charge in [0, 0.05) is 14.1 Å². The molecule has 9 nitrogen and oxygen atoms in total. The van der Waals surface area contributed by atoms with Gasteiger partial charge in [0.2, 0.25) is 0 Å². The monoisotopic (exact) mass is 615 g/mol. The average molecular weight is 616 g/mol. The molecule has 2 aromatic carbocycles. The van der Waals surface area contributed by atoms with Crippen LogP contribution in [0.3, 0.4) is 0 Å². The number of benzene rings is 2. The fourth-order valence-electron chi connectivity index (χ4n) is 4.62. The minimum atomic E-state index is -1.47. The van der Waals surface area contributed by atoms with Crippen molar-refractivity contribution in [2.75, 3.05) is 26.2 Å². The molecule has 0 aliphatic rings. The molecule has 4 atom stereocenters. The standard InChI is InChI=1S/C33H53N3O6Si/c1-33(2,3)17-18-34-27(21-25-13-9-7-10-14-25)29(37)23-36(32(41)42-19-20-43(4,5)6)24-30(38)28(35-31(39)40)22-26-15-11-8-12-16-26/h7-16,27-30,34-35,37-38H,17-24H2,1-6H3,(H,39,40)/t27-,28-,29?,30+/m0/s1. The summed E-state index contributed by atoms with van der Waals surface area (Å²) >= 11 is 0. The van der Waals surface area contributed by atoms with Gasteiger partial charge in [-0.2, -0.15) is 0 Å². The second kappa shape index (κ2) is 17.4. The molecule has 2 rings (SSSR count). The van der Waals surface area contributed by atoms with Gasteiger partial charge in [-0.05, 0) is 48.4 Å². The number of amides is 2. The van der Waals surface area contributed by atoms with Gasteiger partial charge in [0.1, 0.15) is 0 Å². The van der Waals surface area contributed by atoms with Crippen LogP contribution in [0.1, 0.15) is 38.3 Å². The smallest absolute Gasteiger partial charge is 0.409 e. The van der Waals surface area contributed by atoms with Gasteiger partial charge >= 0.3 is 12.2 Å². The number of ether oxygens (including phenoxy) is 1. The van der Waals surface area contributed by atoms with Crippen LogP contribution >= 0.6 is 0 Å². The number of nitrogens with zero attached hydrogens (tertiary/aromatic N) is 1. The van der Waals surface area contributed by atoms with E-state index in [1.165, 1.54) is 4.90 Å². The predicted molar refractivity (Wildman–Crippen MR) is 174 cm³/mol. The third kappa shape index (κ3) is 15.4. The van der Waals surface area contributed by atoms with E-state index in [9.17, 15) is 24.9 Å². The summed E-state index contributed by atoms with van der Waals surface area (Å²) in [5.74, 6) is 0. The van der Waals surface area contributed by atoms with Gasteiger partial charge in [-0.1, -0.05) is 101 Å². The van der Waals surface area contributed by atoms with Crippen molar-refractivity contribution in [3.63, 3.8) is 0 Å². The molecule has 0 heterocycles. The highest BCUT2D eigenvalue weighted by molar-refractivity contribution is 6.76. The summed E-state index contributed by atoms with van der Waals surface area (Å²) in [6.07, 6.45) is -2.45. The van der Waals surface area contributed by atoms with Crippen molar-refractivity contribution in [3.8, 4) is 0 Å². The fourth-order valence-corrected chi connectivity index (χ4v) is 5.33. The molecule has 5 N–H and O–H groups in total. The Labute approximate surface area is 258 Å². The van der Waals surface area contributed by atoms with Crippen molar-refractivity contribution in [2.45, 2.75) is 90.0 Å². The maximum absolute atomic E-state index is 13.4. The van der Waals surface area contributed by atoms with Crippen molar-refractivity contribution in [2.24, 2.45) is 5.41 Å². The number of carboxylic acid groups (broad SMARTS) is 1. The van der Waals surface area contributed by atoms with Crippen molar-refractivity contribution < 1.29 is 29.6 Å². The lowest BCUT2D eigenvalue weighted by Crippen LogP contribution is -2.54. The zero-order valence-corrected chi connectivity index (χ0v) is 27.8. The zero-order chi connectivity index (χ0) is 32.0. The number of aliphatic hydroxyl groups excluding tert-OH is 2. The SMILES string of the molecule is CC(C)(C)CCN[C@@H](Cc1ccccc1)C(O)CN(C[C@@H](O)[C@H](Cc1ccccc1)NC(=O)O)C(=O)OCC[Si](C)(C)C. The molecule has 240 valence electrons. The first-order valence-electron chi connectivity index (χ1n) is 15.2. The Hall–Kier alpha value is -2.92. The number of carbonyl (C=O) groups excluding carboxylic acids is 1. The lowest BCUT2D eigenvalue weighted by Gasteiger charge is -2.33. The molecule has 0 aliphatic carbocycles. The topological polar surface area (TPSA) is 131 Å². The molecule has 2 amide bonds. The highest BCUT2D eigenvalue weighted by Crippen LogP contribution is 2.18. The first kappa shape index (κ1) is 36.3. The van der Waals surface area contributed by atoms with Gasteiger partial charge in [0.05, 0.1) is 37.9 Å². The Morgan fingerprint density at radius 1 is 0.860 bits per heavy atom. The Morgan fingerprint density at radius 2 is 1.35 bits per heavy atom. The maximum atomic E-state index is 13.4. The maximum Gasteiger partial charge on any atom is 0.409 e. The van der Waals surface area contributed by atoms with E-state index >= 15 is 0 Å². The van der Waals surface area contributed by atoms with Crippen LogP contribution in [-0.2, 0) is 17.6 Å². The van der Waals surface area contributed by atoms with Crippen LogP contribution in [0, 0.1) is 5.41 Å². The molecule has 2 aromatic rings. The van der Waals surface area contributed by atoms with Crippen molar-refractivity contribution in [1.29, 1.82) is 0 Å². The summed E-state index contributed by atoms with van der Waals surface area (Å²) in [5, 5.41) is 38.1. The van der Waals surface area contributed by atoms with Gasteiger partial charge in [0.25, 0.3) is 0 Å². The molecule has 0 bridgehead atoms. The fraction of sp³-hybridized carbons (Fsp3) is 0.576. The molecule has 0 aliphatic heterocycles. The van der Waals surface area contributed by atoms with Crippen LogP contribution in [0.4, 0.5) is 9.59 Å². The summed E-state index contributed by atoms with van der Waals surface area (Å²) < 4.78 is 5.63. The Bertz CT molecular complexity index is 1090. The lowest BCUT2D eigenvalue weighted by molar-refractivity contribution is 0.0293. The number of aliphatic hydroxyl groups is 2. The summed E-state index contributed by atoms with van der Waals surface area (Å²) in [4.78, 5) is 26.3. The minimum absolute atomic E-state index is 0.0893. The summed E-state index contributed by atoms with van der Waals surface area (Å²) in [5.41, 5.74) is 2.00. The van der Waals surface area contributed by atoms with Crippen LogP contribution in [0.2, 0.25) is 25.7 Å². The van der Waals surface area contributed by atoms with Gasteiger partial charge in [-0.15, -0.1) is 0 Å². The van der Waals surface area contributed by atoms with Crippen LogP contribution in [-0.4, -0.2) is 91.0 Å². The van der Waals surface area contributed by atoms with Crippen molar-refractivity contribution in [3.05, 3.63) is 71.8 Å². The van der Waals surface area contributed by atoms with E-state index in [1.54, 1.807) is 0 Å². The van der Waals surface area contributed by atoms with E-state index < -0.39 is 38.5 Å². The van der Waals surface area contributed by atoms with Gasteiger partial charge in [-0.3, -0.25) is 0 Å². The van der Waals surface area contributed by atoms with Crippen LogP contribution in [0.5, 0.6) is 0 Å².